The summed E-state index contributed by atoms with van der Waals surface area (Å²) in [5.41, 5.74) is 6.74. The van der Waals surface area contributed by atoms with Crippen LogP contribution in [0.2, 0.25) is 0 Å². The number of alkyl halides is 3. The van der Waals surface area contributed by atoms with Crippen LogP contribution in [0.5, 0.6) is 51.7 Å². The van der Waals surface area contributed by atoms with E-state index < -0.39 is 21.4 Å². The average Bonchev–Trinajstić information content (AvgIpc) is 3.28. The lowest BCUT2D eigenvalue weighted by atomic mass is 9.96. The second-order valence-corrected chi connectivity index (χ2v) is 15.0. The Morgan fingerprint density at radius 2 is 0.983 bits per heavy atom. The van der Waals surface area contributed by atoms with E-state index in [4.69, 9.17) is 24.7 Å². The molecule has 0 saturated heterocycles. The van der Waals surface area contributed by atoms with E-state index in [1.54, 1.807) is 24.3 Å². The number of halogens is 3. The van der Waals surface area contributed by atoms with Crippen molar-refractivity contribution in [2.24, 2.45) is 0 Å². The van der Waals surface area contributed by atoms with E-state index in [0.717, 1.165) is 73.3 Å². The molecule has 0 aliphatic carbocycles. The standard InChI is InChI=1S/C23H14F3NO5S.C22H13NO2.CH4/c24-23(25,26)33(28,29)32-19-10-4-9-17-21(19)31-22-18(30-17)12-11-13-5-3-7-15(20(13)22)14-6-1-2-8-16(14)27;1-2-8-16-14(6-1)15-7-3-5-13-11-12-19-22(20(13)15)25-21-17(23-16)9-4-10-18(21)24-19;/h1-12H,27H2;1-12,23H;1H4. The molecule has 3 aliphatic rings. The summed E-state index contributed by atoms with van der Waals surface area (Å²) in [4.78, 5) is 0. The van der Waals surface area contributed by atoms with E-state index in [0.29, 0.717) is 22.4 Å². The van der Waals surface area contributed by atoms with Gasteiger partial charge >= 0.3 is 15.6 Å². The Morgan fingerprint density at radius 1 is 0.492 bits per heavy atom. The lowest BCUT2D eigenvalue weighted by molar-refractivity contribution is -0.0500. The van der Waals surface area contributed by atoms with Crippen LogP contribution in [-0.4, -0.2) is 13.9 Å². The van der Waals surface area contributed by atoms with E-state index in [1.807, 2.05) is 60.7 Å². The zero-order chi connectivity index (χ0) is 39.8. The SMILES string of the molecule is C.Nc1ccccc1-c1cccc2ccc3c(c12)Oc1c(cccc1OS(=O)(=O)C(F)(F)F)O3.c1ccc2c(c1)Nc1cccc3c1Oc1c(ccc4cccc-2c14)O3. The molecule has 3 N–H and O–H groups in total. The maximum absolute atomic E-state index is 12.9. The number of benzene rings is 8. The van der Waals surface area contributed by atoms with Crippen LogP contribution in [0.4, 0.5) is 30.2 Å². The zero-order valence-corrected chi connectivity index (χ0v) is 30.7. The fraction of sp³-hybridized carbons (Fsp3) is 0.0435. The molecule has 11 rings (SSSR count). The number of anilines is 3. The summed E-state index contributed by atoms with van der Waals surface area (Å²) in [5, 5.41) is 7.09. The first-order valence-corrected chi connectivity index (χ1v) is 19.3. The smallest absolute Gasteiger partial charge is 0.449 e. The van der Waals surface area contributed by atoms with Gasteiger partial charge in [0.25, 0.3) is 0 Å². The van der Waals surface area contributed by atoms with Gasteiger partial charge in [-0.05, 0) is 70.4 Å². The van der Waals surface area contributed by atoms with Crippen LogP contribution in [0, 0.1) is 0 Å². The topological polar surface area (TPSA) is 118 Å². The lowest BCUT2D eigenvalue weighted by Crippen LogP contribution is -2.28. The normalized spacial score (nSPS) is 12.7. The molecule has 0 aromatic heterocycles. The Balaban J connectivity index is 0.000000154. The molecule has 3 heterocycles. The van der Waals surface area contributed by atoms with Crippen molar-refractivity contribution in [2.45, 2.75) is 12.9 Å². The van der Waals surface area contributed by atoms with Crippen molar-refractivity contribution in [3.63, 3.8) is 0 Å². The maximum Gasteiger partial charge on any atom is 0.534 e. The van der Waals surface area contributed by atoms with E-state index in [9.17, 15) is 21.6 Å². The fourth-order valence-electron chi connectivity index (χ4n) is 7.33. The van der Waals surface area contributed by atoms with Crippen LogP contribution >= 0.6 is 0 Å². The largest absolute Gasteiger partial charge is 0.534 e. The Hall–Kier alpha value is -7.38. The molecule has 0 amide bonds. The Labute approximate surface area is 336 Å². The number of ether oxygens (including phenoxy) is 4. The summed E-state index contributed by atoms with van der Waals surface area (Å²) in [5.74, 6) is 2.56. The lowest BCUT2D eigenvalue weighted by Gasteiger charge is -2.24. The van der Waals surface area contributed by atoms with Crippen molar-refractivity contribution in [1.82, 2.24) is 0 Å². The van der Waals surface area contributed by atoms with E-state index in [2.05, 4.69) is 52.0 Å². The molecule has 9 nitrogen and oxygen atoms in total. The van der Waals surface area contributed by atoms with Crippen molar-refractivity contribution >= 4 is 48.7 Å². The molecule has 0 fully saturated rings. The minimum absolute atomic E-state index is 0. The molecule has 294 valence electrons. The first kappa shape index (κ1) is 37.2. The molecule has 2 bridgehead atoms. The van der Waals surface area contributed by atoms with Gasteiger partial charge in [0.15, 0.2) is 46.0 Å². The molecule has 8 aromatic carbocycles. The highest BCUT2D eigenvalue weighted by Crippen LogP contribution is 2.56. The van der Waals surface area contributed by atoms with Crippen LogP contribution in [0.3, 0.4) is 0 Å². The van der Waals surface area contributed by atoms with Crippen LogP contribution in [-0.2, 0) is 10.1 Å². The van der Waals surface area contributed by atoms with Crippen LogP contribution in [0.25, 0.3) is 43.8 Å². The van der Waals surface area contributed by atoms with E-state index in [1.165, 1.54) is 12.1 Å². The summed E-state index contributed by atoms with van der Waals surface area (Å²) in [6.45, 7) is 0. The zero-order valence-electron chi connectivity index (χ0n) is 29.8. The second kappa shape index (κ2) is 13.9. The summed E-state index contributed by atoms with van der Waals surface area (Å²) in [6.07, 6.45) is 0. The highest BCUT2D eigenvalue weighted by atomic mass is 32.2. The van der Waals surface area contributed by atoms with E-state index >= 15 is 0 Å². The average molecular weight is 813 g/mol. The van der Waals surface area contributed by atoms with Gasteiger partial charge < -0.3 is 34.2 Å². The number of para-hydroxylation sites is 4. The first-order valence-electron chi connectivity index (χ1n) is 17.8. The van der Waals surface area contributed by atoms with Gasteiger partial charge in [0.05, 0.1) is 5.69 Å². The summed E-state index contributed by atoms with van der Waals surface area (Å²) in [6, 6.07) is 44.6. The summed E-state index contributed by atoms with van der Waals surface area (Å²) in [7, 11) is -5.91. The van der Waals surface area contributed by atoms with Crippen molar-refractivity contribution in [2.75, 3.05) is 11.1 Å². The van der Waals surface area contributed by atoms with Gasteiger partial charge in [-0.15, -0.1) is 0 Å². The minimum atomic E-state index is -5.91. The molecular weight excluding hydrogens is 782 g/mol. The highest BCUT2D eigenvalue weighted by molar-refractivity contribution is 7.88. The molecule has 8 aromatic rings. The highest BCUT2D eigenvalue weighted by Gasteiger charge is 2.49. The van der Waals surface area contributed by atoms with Crippen LogP contribution in [0.1, 0.15) is 7.43 Å². The number of hydrogen-bond acceptors (Lipinski definition) is 9. The molecule has 0 unspecified atom stereocenters. The third-order valence-corrected chi connectivity index (χ3v) is 10.9. The molecule has 0 spiro atoms. The number of hydrogen-bond donors (Lipinski definition) is 2. The number of nitrogens with two attached hydrogens (primary N) is 1. The van der Waals surface area contributed by atoms with Gasteiger partial charge in [0, 0.05) is 33.3 Å². The van der Waals surface area contributed by atoms with Gasteiger partial charge in [0.2, 0.25) is 5.75 Å². The van der Waals surface area contributed by atoms with Crippen molar-refractivity contribution < 1.29 is 44.7 Å². The van der Waals surface area contributed by atoms with Gasteiger partial charge in [-0.1, -0.05) is 104 Å². The van der Waals surface area contributed by atoms with Gasteiger partial charge in [-0.25, -0.2) is 0 Å². The molecule has 0 saturated carbocycles. The predicted molar refractivity (Wildman–Crippen MR) is 222 cm³/mol. The van der Waals surface area contributed by atoms with Crippen molar-refractivity contribution in [3.05, 3.63) is 146 Å². The number of fused-ring (bicyclic) bond motifs is 6. The minimum Gasteiger partial charge on any atom is -0.449 e. The number of nitrogens with one attached hydrogen (secondary N) is 1. The van der Waals surface area contributed by atoms with E-state index in [-0.39, 0.29) is 24.7 Å². The Morgan fingerprint density at radius 3 is 1.63 bits per heavy atom. The molecular formula is C46H31F3N2O7S. The van der Waals surface area contributed by atoms with Gasteiger partial charge in [-0.3, -0.25) is 0 Å². The van der Waals surface area contributed by atoms with Crippen molar-refractivity contribution in [1.29, 1.82) is 0 Å². The third kappa shape index (κ3) is 6.23. The fourth-order valence-corrected chi connectivity index (χ4v) is 7.79. The van der Waals surface area contributed by atoms with Gasteiger partial charge in [0.1, 0.15) is 0 Å². The first-order chi connectivity index (χ1) is 28.0. The molecule has 13 heteroatoms. The monoisotopic (exact) mass is 812 g/mol. The quantitative estimate of drug-likeness (QED) is 0.102. The van der Waals surface area contributed by atoms with Crippen molar-refractivity contribution in [3.8, 4) is 74.0 Å². The molecule has 3 aliphatic heterocycles. The number of rotatable bonds is 3. The maximum atomic E-state index is 12.9. The number of nitrogen functional groups attached to an aromatic ring is 1. The van der Waals surface area contributed by atoms with Crippen LogP contribution < -0.4 is 34.2 Å². The Bertz CT molecular complexity index is 3120. The summed E-state index contributed by atoms with van der Waals surface area (Å²) >= 11 is 0. The third-order valence-electron chi connectivity index (χ3n) is 9.91. The Kier molecular flexibility index (Phi) is 8.78. The second-order valence-electron chi connectivity index (χ2n) is 13.5. The van der Waals surface area contributed by atoms with Crippen LogP contribution in [0.15, 0.2) is 146 Å². The molecule has 0 atom stereocenters. The molecule has 0 radical (unpaired) electrons. The predicted octanol–water partition coefficient (Wildman–Crippen LogP) is 13.3. The van der Waals surface area contributed by atoms with Gasteiger partial charge in [-0.2, -0.15) is 21.6 Å². The summed E-state index contributed by atoms with van der Waals surface area (Å²) < 4.78 is 90.5. The molecule has 59 heavy (non-hydrogen) atoms.